The highest BCUT2D eigenvalue weighted by Gasteiger charge is 2.17. The second-order valence-electron chi connectivity index (χ2n) is 6.36. The number of piperidine rings is 1. The van der Waals surface area contributed by atoms with E-state index >= 15 is 0 Å². The first-order chi connectivity index (χ1) is 11.7. The molecule has 0 aromatic heterocycles. The lowest BCUT2D eigenvalue weighted by Gasteiger charge is -2.22. The third-order valence-corrected chi connectivity index (χ3v) is 4.34. The second kappa shape index (κ2) is 9.44. The number of carbonyl (C=O) groups is 1. The summed E-state index contributed by atoms with van der Waals surface area (Å²) >= 11 is 0. The van der Waals surface area contributed by atoms with Crippen LogP contribution in [-0.4, -0.2) is 19.0 Å². The van der Waals surface area contributed by atoms with Crippen molar-refractivity contribution in [1.82, 2.24) is 5.32 Å². The summed E-state index contributed by atoms with van der Waals surface area (Å²) in [5, 5.41) is 6.33. The molecule has 4 nitrogen and oxygen atoms in total. The van der Waals surface area contributed by atoms with Crippen molar-refractivity contribution in [3.8, 4) is 11.5 Å². The molecule has 1 aliphatic heterocycles. The van der Waals surface area contributed by atoms with Crippen molar-refractivity contribution in [3.63, 3.8) is 0 Å². The molecule has 0 radical (unpaired) electrons. The van der Waals surface area contributed by atoms with Gasteiger partial charge >= 0.3 is 0 Å². The van der Waals surface area contributed by atoms with E-state index in [4.69, 9.17) is 4.74 Å². The minimum Gasteiger partial charge on any atom is -0.455 e. The molecule has 1 fully saturated rings. The molecule has 0 saturated carbocycles. The van der Waals surface area contributed by atoms with Crippen LogP contribution in [0, 0.1) is 12.8 Å². The number of carbonyl (C=O) groups excluding carboxylic acids is 1. The number of hydrogen-bond donors (Lipinski definition) is 2. The molecule has 3 rings (SSSR count). The minimum absolute atomic E-state index is 0. The fourth-order valence-corrected chi connectivity index (χ4v) is 2.94. The van der Waals surface area contributed by atoms with E-state index in [-0.39, 0.29) is 18.3 Å². The maximum absolute atomic E-state index is 12.3. The lowest BCUT2D eigenvalue weighted by Crippen LogP contribution is -2.30. The highest BCUT2D eigenvalue weighted by molar-refractivity contribution is 5.92. The van der Waals surface area contributed by atoms with E-state index < -0.39 is 0 Å². The fourth-order valence-electron chi connectivity index (χ4n) is 2.94. The van der Waals surface area contributed by atoms with Crippen molar-refractivity contribution >= 4 is 24.0 Å². The fraction of sp³-hybridized carbons (Fsp3) is 0.350. The van der Waals surface area contributed by atoms with Gasteiger partial charge in [0.25, 0.3) is 0 Å². The van der Waals surface area contributed by atoms with Gasteiger partial charge in [-0.3, -0.25) is 4.79 Å². The highest BCUT2D eigenvalue weighted by atomic mass is 35.5. The SMILES string of the molecule is Cc1ccc(Oc2ccccc2NC(=O)CC2CCNCC2)cc1.Cl. The molecule has 1 saturated heterocycles. The van der Waals surface area contributed by atoms with Crippen LogP contribution < -0.4 is 15.4 Å². The quantitative estimate of drug-likeness (QED) is 0.823. The monoisotopic (exact) mass is 360 g/mol. The first-order valence-corrected chi connectivity index (χ1v) is 8.55. The number of benzene rings is 2. The number of para-hydroxylation sites is 2. The van der Waals surface area contributed by atoms with Crippen LogP contribution in [0.3, 0.4) is 0 Å². The highest BCUT2D eigenvalue weighted by Crippen LogP contribution is 2.30. The Morgan fingerprint density at radius 2 is 1.80 bits per heavy atom. The Balaban J connectivity index is 0.00000225. The average molecular weight is 361 g/mol. The average Bonchev–Trinajstić information content (AvgIpc) is 2.59. The standard InChI is InChI=1S/C20H24N2O2.ClH/c1-15-6-8-17(9-7-15)24-19-5-3-2-4-18(19)22-20(23)14-16-10-12-21-13-11-16;/h2-9,16,21H,10-14H2,1H3,(H,22,23);1H. The van der Waals surface area contributed by atoms with Crippen LogP contribution >= 0.6 is 12.4 Å². The molecule has 2 aromatic rings. The Bertz CT molecular complexity index is 682. The molecule has 134 valence electrons. The molecule has 0 unspecified atom stereocenters. The summed E-state index contributed by atoms with van der Waals surface area (Å²) in [5.74, 6) is 1.96. The largest absolute Gasteiger partial charge is 0.455 e. The third kappa shape index (κ3) is 5.76. The van der Waals surface area contributed by atoms with Gasteiger partial charge in [0.05, 0.1) is 5.69 Å². The van der Waals surface area contributed by atoms with E-state index in [0.717, 1.165) is 37.4 Å². The predicted octanol–water partition coefficient (Wildman–Crippen LogP) is 4.54. The van der Waals surface area contributed by atoms with Crippen LogP contribution in [0.4, 0.5) is 5.69 Å². The number of rotatable bonds is 5. The molecule has 5 heteroatoms. The summed E-state index contributed by atoms with van der Waals surface area (Å²) in [4.78, 5) is 12.3. The van der Waals surface area contributed by atoms with Crippen LogP contribution in [0.1, 0.15) is 24.8 Å². The topological polar surface area (TPSA) is 50.4 Å². The maximum Gasteiger partial charge on any atom is 0.224 e. The Morgan fingerprint density at radius 1 is 1.12 bits per heavy atom. The molecular formula is C20H25ClN2O2. The molecule has 0 aliphatic carbocycles. The summed E-state index contributed by atoms with van der Waals surface area (Å²) in [6.45, 7) is 4.05. The van der Waals surface area contributed by atoms with Crippen molar-refractivity contribution in [2.75, 3.05) is 18.4 Å². The van der Waals surface area contributed by atoms with E-state index in [9.17, 15) is 4.79 Å². The van der Waals surface area contributed by atoms with Crippen LogP contribution in [0.5, 0.6) is 11.5 Å². The maximum atomic E-state index is 12.3. The predicted molar refractivity (Wildman–Crippen MR) is 104 cm³/mol. The summed E-state index contributed by atoms with van der Waals surface area (Å²) in [6.07, 6.45) is 2.70. The van der Waals surface area contributed by atoms with Crippen LogP contribution in [0.25, 0.3) is 0 Å². The zero-order chi connectivity index (χ0) is 16.8. The lowest BCUT2D eigenvalue weighted by molar-refractivity contribution is -0.117. The first kappa shape index (κ1) is 19.3. The molecule has 2 aromatic carbocycles. The number of ether oxygens (including phenoxy) is 1. The van der Waals surface area contributed by atoms with Crippen molar-refractivity contribution < 1.29 is 9.53 Å². The van der Waals surface area contributed by atoms with Gasteiger partial charge in [-0.05, 0) is 63.0 Å². The van der Waals surface area contributed by atoms with Gasteiger partial charge in [-0.25, -0.2) is 0 Å². The second-order valence-corrected chi connectivity index (χ2v) is 6.36. The molecule has 1 aliphatic rings. The summed E-state index contributed by atoms with van der Waals surface area (Å²) < 4.78 is 5.93. The van der Waals surface area contributed by atoms with Crippen LogP contribution in [-0.2, 0) is 4.79 Å². The summed E-state index contributed by atoms with van der Waals surface area (Å²) in [6, 6.07) is 15.4. The van der Waals surface area contributed by atoms with Gasteiger partial charge in [0.15, 0.2) is 5.75 Å². The first-order valence-electron chi connectivity index (χ1n) is 8.55. The van der Waals surface area contributed by atoms with Crippen molar-refractivity contribution in [3.05, 3.63) is 54.1 Å². The molecule has 0 spiro atoms. The number of halogens is 1. The smallest absolute Gasteiger partial charge is 0.224 e. The van der Waals surface area contributed by atoms with Gasteiger partial charge in [-0.15, -0.1) is 12.4 Å². The van der Waals surface area contributed by atoms with Crippen LogP contribution in [0.15, 0.2) is 48.5 Å². The Labute approximate surface area is 155 Å². The molecule has 25 heavy (non-hydrogen) atoms. The number of amides is 1. The Kier molecular flexibility index (Phi) is 7.29. The molecule has 0 atom stereocenters. The molecule has 1 heterocycles. The minimum atomic E-state index is 0. The zero-order valence-corrected chi connectivity index (χ0v) is 15.3. The number of hydrogen-bond acceptors (Lipinski definition) is 3. The number of anilines is 1. The van der Waals surface area contributed by atoms with Crippen LogP contribution in [0.2, 0.25) is 0 Å². The Morgan fingerprint density at radius 3 is 2.52 bits per heavy atom. The van der Waals surface area contributed by atoms with Gasteiger partial charge < -0.3 is 15.4 Å². The van der Waals surface area contributed by atoms with Gasteiger partial charge in [0.1, 0.15) is 5.75 Å². The van der Waals surface area contributed by atoms with Crippen molar-refractivity contribution in [2.24, 2.45) is 5.92 Å². The van der Waals surface area contributed by atoms with Gasteiger partial charge in [-0.2, -0.15) is 0 Å². The van der Waals surface area contributed by atoms with E-state index in [1.165, 1.54) is 5.56 Å². The summed E-state index contributed by atoms with van der Waals surface area (Å²) in [7, 11) is 0. The molecule has 0 bridgehead atoms. The van der Waals surface area contributed by atoms with E-state index in [1.54, 1.807) is 0 Å². The summed E-state index contributed by atoms with van der Waals surface area (Å²) in [5.41, 5.74) is 1.91. The van der Waals surface area contributed by atoms with Crippen molar-refractivity contribution in [1.29, 1.82) is 0 Å². The molecular weight excluding hydrogens is 336 g/mol. The normalized spacial score (nSPS) is 14.4. The van der Waals surface area contributed by atoms with Gasteiger partial charge in [0, 0.05) is 6.42 Å². The molecule has 1 amide bonds. The van der Waals surface area contributed by atoms with Crippen molar-refractivity contribution in [2.45, 2.75) is 26.2 Å². The van der Waals surface area contributed by atoms with Gasteiger partial charge in [0.2, 0.25) is 5.91 Å². The number of nitrogens with one attached hydrogen (secondary N) is 2. The Hall–Kier alpha value is -2.04. The lowest BCUT2D eigenvalue weighted by atomic mass is 9.94. The van der Waals surface area contributed by atoms with E-state index in [1.807, 2.05) is 55.5 Å². The molecule has 2 N–H and O–H groups in total. The van der Waals surface area contributed by atoms with E-state index in [0.29, 0.717) is 18.1 Å². The van der Waals surface area contributed by atoms with E-state index in [2.05, 4.69) is 10.6 Å². The zero-order valence-electron chi connectivity index (χ0n) is 14.5. The number of aryl methyl sites for hydroxylation is 1. The third-order valence-electron chi connectivity index (χ3n) is 4.34. The van der Waals surface area contributed by atoms with Gasteiger partial charge in [-0.1, -0.05) is 29.8 Å².